The number of Topliss-reactive ketones (excluding diaryl/α,β-unsaturated/α-hetero) is 1. The van der Waals surface area contributed by atoms with Crippen molar-refractivity contribution in [3.8, 4) is 17.2 Å². The number of carbonyl (C=O) groups is 2. The highest BCUT2D eigenvalue weighted by molar-refractivity contribution is 6.46. The molecular formula is C27H23NO6. The molecule has 2 heterocycles. The van der Waals surface area contributed by atoms with Gasteiger partial charge in [0.1, 0.15) is 24.7 Å². The average molecular weight is 457 g/mol. The molecule has 7 nitrogen and oxygen atoms in total. The number of ketones is 1. The number of rotatable bonds is 5. The molecular weight excluding hydrogens is 434 g/mol. The summed E-state index contributed by atoms with van der Waals surface area (Å²) in [7, 11) is 0. The van der Waals surface area contributed by atoms with Crippen LogP contribution in [0.25, 0.3) is 5.76 Å². The number of aromatic hydroxyl groups is 1. The van der Waals surface area contributed by atoms with Gasteiger partial charge < -0.3 is 24.6 Å². The summed E-state index contributed by atoms with van der Waals surface area (Å²) >= 11 is 0. The first-order valence-corrected chi connectivity index (χ1v) is 11.0. The van der Waals surface area contributed by atoms with E-state index in [0.29, 0.717) is 42.3 Å². The van der Waals surface area contributed by atoms with E-state index in [4.69, 9.17) is 9.47 Å². The second kappa shape index (κ2) is 8.94. The number of hydrogen-bond acceptors (Lipinski definition) is 6. The van der Waals surface area contributed by atoms with Crippen LogP contribution in [0.1, 0.15) is 22.7 Å². The summed E-state index contributed by atoms with van der Waals surface area (Å²) < 4.78 is 11.1. The molecule has 3 aromatic rings. The molecule has 1 fully saturated rings. The third kappa shape index (κ3) is 3.96. The number of likely N-dealkylation sites (tertiary alicyclic amines) is 1. The van der Waals surface area contributed by atoms with Crippen LogP contribution in [0.15, 0.2) is 78.4 Å². The summed E-state index contributed by atoms with van der Waals surface area (Å²) in [6, 6.07) is 20.1. The smallest absolute Gasteiger partial charge is 0.295 e. The Morgan fingerprint density at radius 3 is 2.35 bits per heavy atom. The van der Waals surface area contributed by atoms with E-state index in [1.165, 1.54) is 17.0 Å². The van der Waals surface area contributed by atoms with Gasteiger partial charge in [0, 0.05) is 12.1 Å². The van der Waals surface area contributed by atoms with Crippen LogP contribution in [0.3, 0.4) is 0 Å². The van der Waals surface area contributed by atoms with E-state index in [0.717, 1.165) is 5.56 Å². The van der Waals surface area contributed by atoms with Gasteiger partial charge in [0.25, 0.3) is 11.7 Å². The van der Waals surface area contributed by atoms with Crippen LogP contribution in [-0.4, -0.2) is 46.6 Å². The molecule has 1 amide bonds. The van der Waals surface area contributed by atoms with Crippen LogP contribution < -0.4 is 9.47 Å². The molecule has 2 N–H and O–H groups in total. The number of phenolic OH excluding ortho intramolecular Hbond substituents is 1. The highest BCUT2D eigenvalue weighted by atomic mass is 16.6. The number of fused-ring (bicyclic) bond motifs is 1. The summed E-state index contributed by atoms with van der Waals surface area (Å²) in [6.07, 6.45) is 0.548. The molecule has 34 heavy (non-hydrogen) atoms. The maximum Gasteiger partial charge on any atom is 0.295 e. The summed E-state index contributed by atoms with van der Waals surface area (Å²) in [6.45, 7) is 1.11. The number of hydrogen-bond donors (Lipinski definition) is 2. The third-order valence-corrected chi connectivity index (χ3v) is 6.05. The molecule has 0 radical (unpaired) electrons. The van der Waals surface area contributed by atoms with E-state index in [2.05, 4.69) is 0 Å². The first kappa shape index (κ1) is 21.6. The number of ether oxygens (including phenoxy) is 2. The van der Waals surface area contributed by atoms with E-state index >= 15 is 0 Å². The lowest BCUT2D eigenvalue weighted by Gasteiger charge is -2.25. The molecule has 0 saturated carbocycles. The molecule has 3 aromatic carbocycles. The van der Waals surface area contributed by atoms with Crippen molar-refractivity contribution in [2.45, 2.75) is 12.5 Å². The van der Waals surface area contributed by atoms with Gasteiger partial charge >= 0.3 is 0 Å². The molecule has 0 aliphatic carbocycles. The standard InChI is InChI=1S/C27H23NO6/c29-20-9-6-18(7-10-20)24-23(25(30)19-8-11-21-22(16-19)34-15-14-33-21)26(31)27(32)28(24)13-12-17-4-2-1-3-5-17/h1-11,16,24,29-30H,12-15H2. The van der Waals surface area contributed by atoms with E-state index in [1.54, 1.807) is 30.3 Å². The second-order valence-electron chi connectivity index (χ2n) is 8.18. The fourth-order valence-corrected chi connectivity index (χ4v) is 4.35. The summed E-state index contributed by atoms with van der Waals surface area (Å²) in [5, 5.41) is 21.0. The predicted octanol–water partition coefficient (Wildman–Crippen LogP) is 3.83. The van der Waals surface area contributed by atoms with Crippen LogP contribution in [0.4, 0.5) is 0 Å². The van der Waals surface area contributed by atoms with E-state index < -0.39 is 17.7 Å². The molecule has 172 valence electrons. The van der Waals surface area contributed by atoms with Gasteiger partial charge in [0.2, 0.25) is 0 Å². The lowest BCUT2D eigenvalue weighted by Crippen LogP contribution is -2.31. The van der Waals surface area contributed by atoms with Crippen molar-refractivity contribution in [1.82, 2.24) is 4.90 Å². The number of aliphatic hydroxyl groups excluding tert-OH is 1. The number of amides is 1. The molecule has 7 heteroatoms. The van der Waals surface area contributed by atoms with Crippen molar-refractivity contribution in [3.63, 3.8) is 0 Å². The van der Waals surface area contributed by atoms with Crippen molar-refractivity contribution in [2.24, 2.45) is 0 Å². The molecule has 0 spiro atoms. The van der Waals surface area contributed by atoms with Crippen LogP contribution in [-0.2, 0) is 16.0 Å². The zero-order valence-electron chi connectivity index (χ0n) is 18.3. The molecule has 1 saturated heterocycles. The predicted molar refractivity (Wildman–Crippen MR) is 125 cm³/mol. The van der Waals surface area contributed by atoms with E-state index in [9.17, 15) is 19.8 Å². The third-order valence-electron chi connectivity index (χ3n) is 6.05. The van der Waals surface area contributed by atoms with Gasteiger partial charge in [-0.05, 0) is 47.9 Å². The SMILES string of the molecule is O=C1C(=O)N(CCc2ccccc2)C(c2ccc(O)cc2)C1=C(O)c1ccc2c(c1)OCCO2. The van der Waals surface area contributed by atoms with Gasteiger partial charge in [-0.2, -0.15) is 0 Å². The van der Waals surface area contributed by atoms with Crippen molar-refractivity contribution in [2.75, 3.05) is 19.8 Å². The molecule has 1 unspecified atom stereocenters. The Balaban J connectivity index is 1.57. The van der Waals surface area contributed by atoms with Gasteiger partial charge in [0.05, 0.1) is 11.6 Å². The fourth-order valence-electron chi connectivity index (χ4n) is 4.35. The van der Waals surface area contributed by atoms with Gasteiger partial charge in [0.15, 0.2) is 11.5 Å². The Hall–Kier alpha value is -4.26. The second-order valence-corrected chi connectivity index (χ2v) is 8.18. The molecule has 0 bridgehead atoms. The van der Waals surface area contributed by atoms with Crippen LogP contribution in [0.5, 0.6) is 17.2 Å². The molecule has 2 aliphatic heterocycles. The Morgan fingerprint density at radius 1 is 0.912 bits per heavy atom. The Bertz CT molecular complexity index is 1270. The maximum atomic E-state index is 13.2. The minimum absolute atomic E-state index is 0.000397. The highest BCUT2D eigenvalue weighted by Gasteiger charge is 2.45. The van der Waals surface area contributed by atoms with Crippen LogP contribution >= 0.6 is 0 Å². The fraction of sp³-hybridized carbons (Fsp3) is 0.185. The quantitative estimate of drug-likeness (QED) is 0.344. The number of phenols is 1. The molecule has 1 atom stereocenters. The number of carbonyl (C=O) groups excluding carboxylic acids is 2. The Morgan fingerprint density at radius 2 is 1.62 bits per heavy atom. The maximum absolute atomic E-state index is 13.2. The first-order chi connectivity index (χ1) is 16.5. The normalized spacial score (nSPS) is 18.8. The minimum atomic E-state index is -0.794. The monoisotopic (exact) mass is 457 g/mol. The van der Waals surface area contributed by atoms with Crippen molar-refractivity contribution in [3.05, 3.63) is 95.1 Å². The largest absolute Gasteiger partial charge is 0.508 e. The average Bonchev–Trinajstić information content (AvgIpc) is 3.12. The lowest BCUT2D eigenvalue weighted by atomic mass is 9.95. The Kier molecular flexibility index (Phi) is 5.67. The topological polar surface area (TPSA) is 96.3 Å². The molecule has 0 aromatic heterocycles. The number of aliphatic hydroxyl groups is 1. The van der Waals surface area contributed by atoms with Crippen LogP contribution in [0, 0.1) is 0 Å². The van der Waals surface area contributed by atoms with Crippen molar-refractivity contribution in [1.29, 1.82) is 0 Å². The highest BCUT2D eigenvalue weighted by Crippen LogP contribution is 2.41. The summed E-state index contributed by atoms with van der Waals surface area (Å²) in [5.41, 5.74) is 2.00. The number of nitrogens with zero attached hydrogens (tertiary/aromatic N) is 1. The van der Waals surface area contributed by atoms with E-state index in [-0.39, 0.29) is 23.6 Å². The molecule has 2 aliphatic rings. The van der Waals surface area contributed by atoms with Gasteiger partial charge in [-0.3, -0.25) is 9.59 Å². The molecule has 5 rings (SSSR count). The summed E-state index contributed by atoms with van der Waals surface area (Å²) in [5.74, 6) is -0.616. The van der Waals surface area contributed by atoms with Gasteiger partial charge in [-0.15, -0.1) is 0 Å². The zero-order chi connectivity index (χ0) is 23.7. The van der Waals surface area contributed by atoms with Gasteiger partial charge in [-0.1, -0.05) is 42.5 Å². The van der Waals surface area contributed by atoms with Crippen molar-refractivity contribution >= 4 is 17.4 Å². The van der Waals surface area contributed by atoms with E-state index in [1.807, 2.05) is 30.3 Å². The van der Waals surface area contributed by atoms with Gasteiger partial charge in [-0.25, -0.2) is 0 Å². The Labute approximate surface area is 196 Å². The van der Waals surface area contributed by atoms with Crippen molar-refractivity contribution < 1.29 is 29.3 Å². The minimum Gasteiger partial charge on any atom is -0.508 e. The zero-order valence-corrected chi connectivity index (χ0v) is 18.3. The number of benzene rings is 3. The lowest BCUT2D eigenvalue weighted by molar-refractivity contribution is -0.139. The summed E-state index contributed by atoms with van der Waals surface area (Å²) in [4.78, 5) is 27.7. The first-order valence-electron chi connectivity index (χ1n) is 11.0. The van der Waals surface area contributed by atoms with Crippen LogP contribution in [0.2, 0.25) is 0 Å².